The molecule has 0 fully saturated rings. The third-order valence-electron chi connectivity index (χ3n) is 3.14. The first kappa shape index (κ1) is 13.1. The monoisotopic (exact) mass is 285 g/mol. The second-order valence-corrected chi connectivity index (χ2v) is 5.53. The summed E-state index contributed by atoms with van der Waals surface area (Å²) in [5.41, 5.74) is 1.95. The lowest BCUT2D eigenvalue weighted by Crippen LogP contribution is -1.86. The lowest BCUT2D eigenvalue weighted by Gasteiger charge is -1.96. The summed E-state index contributed by atoms with van der Waals surface area (Å²) in [7, 11) is 0. The average Bonchev–Trinajstić information content (AvgIpc) is 3.10. The molecule has 20 heavy (non-hydrogen) atoms. The standard InChI is InChI=1S/C16H15NO2S/c1-2-11(10-18)9-12-7-8-14(19-12)16-17-13-5-3-4-6-15(13)20-16/h3-9,18H,2,10H2,1H3. The molecule has 0 saturated carbocycles. The maximum atomic E-state index is 9.19. The van der Waals surface area contributed by atoms with Gasteiger partial charge in [-0.3, -0.25) is 0 Å². The van der Waals surface area contributed by atoms with Gasteiger partial charge in [0.2, 0.25) is 0 Å². The molecule has 0 amide bonds. The summed E-state index contributed by atoms with van der Waals surface area (Å²) in [5.74, 6) is 1.52. The van der Waals surface area contributed by atoms with Crippen LogP contribution in [0.4, 0.5) is 0 Å². The van der Waals surface area contributed by atoms with E-state index in [-0.39, 0.29) is 6.61 Å². The van der Waals surface area contributed by atoms with E-state index in [1.807, 2.05) is 43.3 Å². The van der Waals surface area contributed by atoms with Gasteiger partial charge in [-0.25, -0.2) is 4.98 Å². The van der Waals surface area contributed by atoms with Crippen molar-refractivity contribution in [3.63, 3.8) is 0 Å². The van der Waals surface area contributed by atoms with Crippen molar-refractivity contribution in [1.82, 2.24) is 4.98 Å². The van der Waals surface area contributed by atoms with E-state index in [0.29, 0.717) is 0 Å². The van der Waals surface area contributed by atoms with Crippen molar-refractivity contribution < 1.29 is 9.52 Å². The first-order valence-electron chi connectivity index (χ1n) is 6.56. The summed E-state index contributed by atoms with van der Waals surface area (Å²) in [6.45, 7) is 2.08. The van der Waals surface area contributed by atoms with Crippen LogP contribution in [0.25, 0.3) is 27.1 Å². The van der Waals surface area contributed by atoms with E-state index >= 15 is 0 Å². The number of aromatic nitrogens is 1. The molecule has 0 atom stereocenters. The van der Waals surface area contributed by atoms with Crippen molar-refractivity contribution >= 4 is 27.6 Å². The van der Waals surface area contributed by atoms with Gasteiger partial charge in [0.1, 0.15) is 5.76 Å². The first-order valence-corrected chi connectivity index (χ1v) is 7.38. The molecule has 3 rings (SSSR count). The molecule has 0 aliphatic carbocycles. The van der Waals surface area contributed by atoms with E-state index in [1.54, 1.807) is 11.3 Å². The van der Waals surface area contributed by atoms with E-state index in [0.717, 1.165) is 38.7 Å². The molecule has 1 aromatic carbocycles. The van der Waals surface area contributed by atoms with Crippen LogP contribution in [0.2, 0.25) is 0 Å². The molecular weight excluding hydrogens is 270 g/mol. The number of benzene rings is 1. The van der Waals surface area contributed by atoms with Gasteiger partial charge in [-0.1, -0.05) is 19.1 Å². The minimum Gasteiger partial charge on any atom is -0.454 e. The molecule has 102 valence electrons. The van der Waals surface area contributed by atoms with Gasteiger partial charge in [0.05, 0.1) is 16.8 Å². The van der Waals surface area contributed by atoms with E-state index in [9.17, 15) is 5.11 Å². The van der Waals surface area contributed by atoms with Crippen molar-refractivity contribution in [2.24, 2.45) is 0 Å². The van der Waals surface area contributed by atoms with Crippen LogP contribution < -0.4 is 0 Å². The normalized spacial score (nSPS) is 12.2. The molecule has 0 bridgehead atoms. The molecular formula is C16H15NO2S. The number of para-hydroxylation sites is 1. The average molecular weight is 285 g/mol. The van der Waals surface area contributed by atoms with Crippen LogP contribution in [0.3, 0.4) is 0 Å². The second-order valence-electron chi connectivity index (χ2n) is 4.50. The Labute approximate surface area is 121 Å². The molecule has 0 aliphatic rings. The molecule has 1 N–H and O–H groups in total. The third kappa shape index (κ3) is 2.53. The molecule has 3 nitrogen and oxygen atoms in total. The Kier molecular flexibility index (Phi) is 3.67. The molecule has 3 aromatic rings. The Morgan fingerprint density at radius 2 is 2.15 bits per heavy atom. The van der Waals surface area contributed by atoms with Crippen LogP contribution in [0.15, 0.2) is 46.4 Å². The summed E-state index contributed by atoms with van der Waals surface area (Å²) in [6, 6.07) is 11.9. The smallest absolute Gasteiger partial charge is 0.163 e. The zero-order chi connectivity index (χ0) is 13.9. The van der Waals surface area contributed by atoms with Crippen molar-refractivity contribution in [2.75, 3.05) is 6.61 Å². The molecule has 2 heterocycles. The Bertz CT molecular complexity index is 716. The van der Waals surface area contributed by atoms with Gasteiger partial charge in [-0.05, 0) is 42.3 Å². The first-order chi connectivity index (χ1) is 9.80. The number of fused-ring (bicyclic) bond motifs is 1. The molecule has 0 aliphatic heterocycles. The minimum atomic E-state index is 0.0632. The number of nitrogens with zero attached hydrogens (tertiary/aromatic N) is 1. The Morgan fingerprint density at radius 1 is 1.30 bits per heavy atom. The Hall–Kier alpha value is -1.91. The number of furan rings is 1. The summed E-state index contributed by atoms with van der Waals surface area (Å²) < 4.78 is 6.95. The Morgan fingerprint density at radius 3 is 2.90 bits per heavy atom. The van der Waals surface area contributed by atoms with Gasteiger partial charge in [-0.2, -0.15) is 0 Å². The van der Waals surface area contributed by atoms with Crippen LogP contribution in [-0.2, 0) is 0 Å². The van der Waals surface area contributed by atoms with Crippen LogP contribution in [0.5, 0.6) is 0 Å². The number of aliphatic hydroxyl groups excluding tert-OH is 1. The van der Waals surface area contributed by atoms with Crippen LogP contribution in [0, 0.1) is 0 Å². The SMILES string of the molecule is CCC(=Cc1ccc(-c2nc3ccccc3s2)o1)CO. The fraction of sp³-hybridized carbons (Fsp3) is 0.188. The number of rotatable bonds is 4. The molecule has 0 radical (unpaired) electrons. The third-order valence-corrected chi connectivity index (χ3v) is 4.19. The zero-order valence-electron chi connectivity index (χ0n) is 11.2. The largest absolute Gasteiger partial charge is 0.454 e. The van der Waals surface area contributed by atoms with E-state index in [1.165, 1.54) is 0 Å². The van der Waals surface area contributed by atoms with Gasteiger partial charge < -0.3 is 9.52 Å². The quantitative estimate of drug-likeness (QED) is 0.775. The predicted octanol–water partition coefficient (Wildman–Crippen LogP) is 4.34. The van der Waals surface area contributed by atoms with Crippen molar-refractivity contribution in [3.8, 4) is 10.8 Å². The molecule has 0 spiro atoms. The predicted molar refractivity (Wildman–Crippen MR) is 82.7 cm³/mol. The van der Waals surface area contributed by atoms with Crippen LogP contribution in [-0.4, -0.2) is 16.7 Å². The van der Waals surface area contributed by atoms with Gasteiger partial charge in [0.15, 0.2) is 10.8 Å². The number of hydrogen-bond acceptors (Lipinski definition) is 4. The summed E-state index contributed by atoms with van der Waals surface area (Å²) >= 11 is 1.62. The van der Waals surface area contributed by atoms with Gasteiger partial charge in [-0.15, -0.1) is 11.3 Å². The summed E-state index contributed by atoms with van der Waals surface area (Å²) in [5, 5.41) is 10.1. The fourth-order valence-electron chi connectivity index (χ4n) is 1.98. The van der Waals surface area contributed by atoms with Crippen LogP contribution in [0.1, 0.15) is 19.1 Å². The van der Waals surface area contributed by atoms with Crippen molar-refractivity contribution in [1.29, 1.82) is 0 Å². The number of thiazole rings is 1. The maximum absolute atomic E-state index is 9.19. The molecule has 0 saturated heterocycles. The van der Waals surface area contributed by atoms with Crippen LogP contribution >= 0.6 is 11.3 Å². The molecule has 4 heteroatoms. The van der Waals surface area contributed by atoms with Crippen molar-refractivity contribution in [2.45, 2.75) is 13.3 Å². The van der Waals surface area contributed by atoms with E-state index in [2.05, 4.69) is 11.1 Å². The second kappa shape index (κ2) is 5.61. The van der Waals surface area contributed by atoms with Gasteiger partial charge in [0.25, 0.3) is 0 Å². The lowest BCUT2D eigenvalue weighted by molar-refractivity contribution is 0.328. The highest BCUT2D eigenvalue weighted by Gasteiger charge is 2.09. The highest BCUT2D eigenvalue weighted by Crippen LogP contribution is 2.31. The summed E-state index contributed by atoms with van der Waals surface area (Å²) in [4.78, 5) is 4.57. The Balaban J connectivity index is 1.95. The molecule has 2 aromatic heterocycles. The van der Waals surface area contributed by atoms with E-state index in [4.69, 9.17) is 4.42 Å². The van der Waals surface area contributed by atoms with Gasteiger partial charge >= 0.3 is 0 Å². The minimum absolute atomic E-state index is 0.0632. The number of aliphatic hydroxyl groups is 1. The highest BCUT2D eigenvalue weighted by atomic mass is 32.1. The number of hydrogen-bond donors (Lipinski definition) is 1. The maximum Gasteiger partial charge on any atom is 0.163 e. The fourth-order valence-corrected chi connectivity index (χ4v) is 2.91. The molecule has 0 unspecified atom stereocenters. The van der Waals surface area contributed by atoms with E-state index < -0.39 is 0 Å². The topological polar surface area (TPSA) is 46.3 Å². The van der Waals surface area contributed by atoms with Crippen molar-refractivity contribution in [3.05, 3.63) is 47.7 Å². The van der Waals surface area contributed by atoms with Gasteiger partial charge in [0, 0.05) is 0 Å². The zero-order valence-corrected chi connectivity index (χ0v) is 12.0. The highest BCUT2D eigenvalue weighted by molar-refractivity contribution is 7.21. The lowest BCUT2D eigenvalue weighted by atomic mass is 10.2. The summed E-state index contributed by atoms with van der Waals surface area (Å²) in [6.07, 6.45) is 2.70.